The highest BCUT2D eigenvalue weighted by atomic mass is 16.3. The summed E-state index contributed by atoms with van der Waals surface area (Å²) in [5, 5.41) is 9.71. The first-order chi connectivity index (χ1) is 9.11. The van der Waals surface area contributed by atoms with Crippen LogP contribution in [-0.4, -0.2) is 26.7 Å². The number of hydrogen-bond donors (Lipinski definition) is 1. The number of nitrogens with zero attached hydrogens (tertiary/aromatic N) is 4. The summed E-state index contributed by atoms with van der Waals surface area (Å²) in [5.41, 5.74) is 1.73. The average Bonchev–Trinajstić information content (AvgIpc) is 2.83. The average molecular weight is 260 g/mol. The van der Waals surface area contributed by atoms with Gasteiger partial charge in [-0.1, -0.05) is 6.92 Å². The molecule has 0 unspecified atom stereocenters. The van der Waals surface area contributed by atoms with Gasteiger partial charge in [-0.3, -0.25) is 4.98 Å². The first-order valence-corrected chi connectivity index (χ1v) is 6.43. The van der Waals surface area contributed by atoms with E-state index in [1.54, 1.807) is 12.4 Å². The first kappa shape index (κ1) is 13.5. The highest BCUT2D eigenvalue weighted by Crippen LogP contribution is 2.18. The minimum atomic E-state index is -0.478. The van der Waals surface area contributed by atoms with E-state index in [0.29, 0.717) is 6.42 Å². The third-order valence-corrected chi connectivity index (χ3v) is 3.24. The molecule has 102 valence electrons. The van der Waals surface area contributed by atoms with Crippen molar-refractivity contribution in [2.24, 2.45) is 7.05 Å². The molecule has 0 saturated carbocycles. The number of pyridine rings is 1. The van der Waals surface area contributed by atoms with E-state index in [2.05, 4.69) is 14.9 Å². The topological polar surface area (TPSA) is 54.2 Å². The van der Waals surface area contributed by atoms with Crippen molar-refractivity contribution in [1.29, 1.82) is 0 Å². The van der Waals surface area contributed by atoms with E-state index in [9.17, 15) is 5.11 Å². The van der Waals surface area contributed by atoms with Crippen molar-refractivity contribution in [1.82, 2.24) is 14.5 Å². The Kier molecular flexibility index (Phi) is 4.16. The van der Waals surface area contributed by atoms with Gasteiger partial charge in [0.05, 0.1) is 30.2 Å². The Bertz CT molecular complexity index is 520. The summed E-state index contributed by atoms with van der Waals surface area (Å²) >= 11 is 0. The van der Waals surface area contributed by atoms with E-state index < -0.39 is 6.10 Å². The van der Waals surface area contributed by atoms with Crippen LogP contribution in [0.3, 0.4) is 0 Å². The third kappa shape index (κ3) is 3.12. The van der Waals surface area contributed by atoms with Gasteiger partial charge in [0.2, 0.25) is 0 Å². The van der Waals surface area contributed by atoms with E-state index in [4.69, 9.17) is 0 Å². The minimum Gasteiger partial charge on any atom is -0.387 e. The summed E-state index contributed by atoms with van der Waals surface area (Å²) in [6.45, 7) is 2.66. The largest absolute Gasteiger partial charge is 0.387 e. The van der Waals surface area contributed by atoms with Crippen LogP contribution in [0.2, 0.25) is 0 Å². The molecule has 1 N–H and O–H groups in total. The van der Waals surface area contributed by atoms with Crippen LogP contribution in [0, 0.1) is 0 Å². The van der Waals surface area contributed by atoms with Gasteiger partial charge in [0.15, 0.2) is 0 Å². The Balaban J connectivity index is 2.07. The lowest BCUT2D eigenvalue weighted by molar-refractivity contribution is 0.169. The smallest absolute Gasteiger partial charge is 0.127 e. The lowest BCUT2D eigenvalue weighted by Gasteiger charge is -2.19. The maximum atomic E-state index is 9.71. The molecule has 1 atom stereocenters. The van der Waals surface area contributed by atoms with Crippen LogP contribution in [0.4, 0.5) is 5.69 Å². The second-order valence-corrected chi connectivity index (χ2v) is 4.68. The zero-order valence-corrected chi connectivity index (χ0v) is 11.6. The number of imidazole rings is 1. The Morgan fingerprint density at radius 1 is 1.37 bits per heavy atom. The normalized spacial score (nSPS) is 12.4. The molecule has 2 rings (SSSR count). The summed E-state index contributed by atoms with van der Waals surface area (Å²) in [4.78, 5) is 10.7. The monoisotopic (exact) mass is 260 g/mol. The number of rotatable bonds is 5. The van der Waals surface area contributed by atoms with Crippen molar-refractivity contribution < 1.29 is 5.11 Å². The van der Waals surface area contributed by atoms with E-state index in [1.165, 1.54) is 0 Å². The fourth-order valence-corrected chi connectivity index (χ4v) is 1.88. The summed E-state index contributed by atoms with van der Waals surface area (Å²) in [6, 6.07) is 3.85. The molecule has 0 spiro atoms. The maximum absolute atomic E-state index is 9.71. The molecule has 2 aromatic rings. The molecule has 5 nitrogen and oxygen atoms in total. The fraction of sp³-hybridized carbons (Fsp3) is 0.429. The standard InChI is InChI=1S/C14H20N4O/c1-4-13(19)12-6-5-11(9-16-12)18(3)10-14-15-7-8-17(14)2/h5-9,13,19H,4,10H2,1-3H3/t13-/m1/s1. The maximum Gasteiger partial charge on any atom is 0.127 e. The van der Waals surface area contributed by atoms with Gasteiger partial charge in [-0.15, -0.1) is 0 Å². The van der Waals surface area contributed by atoms with Gasteiger partial charge in [-0.25, -0.2) is 4.98 Å². The van der Waals surface area contributed by atoms with Crippen molar-refractivity contribution in [2.75, 3.05) is 11.9 Å². The number of aliphatic hydroxyl groups is 1. The van der Waals surface area contributed by atoms with Gasteiger partial charge in [0.25, 0.3) is 0 Å². The van der Waals surface area contributed by atoms with Gasteiger partial charge < -0.3 is 14.6 Å². The molecule has 0 radical (unpaired) electrons. The lowest BCUT2D eigenvalue weighted by Crippen LogP contribution is -2.19. The van der Waals surface area contributed by atoms with Crippen LogP contribution in [0.1, 0.15) is 31.0 Å². The van der Waals surface area contributed by atoms with Gasteiger partial charge in [-0.2, -0.15) is 0 Å². The van der Waals surface area contributed by atoms with Crippen LogP contribution in [0.5, 0.6) is 0 Å². The number of aryl methyl sites for hydroxylation is 1. The van der Waals surface area contributed by atoms with Gasteiger partial charge in [0.1, 0.15) is 5.82 Å². The first-order valence-electron chi connectivity index (χ1n) is 6.43. The molecular weight excluding hydrogens is 240 g/mol. The zero-order chi connectivity index (χ0) is 13.8. The van der Waals surface area contributed by atoms with Crippen molar-refractivity contribution in [3.63, 3.8) is 0 Å². The molecule has 0 aliphatic rings. The van der Waals surface area contributed by atoms with Gasteiger partial charge >= 0.3 is 0 Å². The number of aliphatic hydroxyl groups excluding tert-OH is 1. The van der Waals surface area contributed by atoms with E-state index in [0.717, 1.165) is 23.8 Å². The predicted molar refractivity (Wildman–Crippen MR) is 74.8 cm³/mol. The highest BCUT2D eigenvalue weighted by Gasteiger charge is 2.09. The molecular formula is C14H20N4O. The summed E-state index contributed by atoms with van der Waals surface area (Å²) < 4.78 is 2.00. The Labute approximate surface area is 113 Å². The molecule has 19 heavy (non-hydrogen) atoms. The summed E-state index contributed by atoms with van der Waals surface area (Å²) in [6.07, 6.45) is 5.71. The van der Waals surface area contributed by atoms with Crippen molar-refractivity contribution in [2.45, 2.75) is 26.0 Å². The molecule has 0 saturated heterocycles. The van der Waals surface area contributed by atoms with Crippen molar-refractivity contribution >= 4 is 5.69 Å². The minimum absolute atomic E-state index is 0.478. The SMILES string of the molecule is CC[C@@H](O)c1ccc(N(C)Cc2nccn2C)cn1. The number of anilines is 1. The Morgan fingerprint density at radius 2 is 2.16 bits per heavy atom. The molecule has 2 aromatic heterocycles. The van der Waals surface area contributed by atoms with Crippen molar-refractivity contribution in [3.8, 4) is 0 Å². The second kappa shape index (κ2) is 5.84. The molecule has 2 heterocycles. The molecule has 0 aromatic carbocycles. The van der Waals surface area contributed by atoms with Crippen LogP contribution in [0.25, 0.3) is 0 Å². The molecule has 0 amide bonds. The van der Waals surface area contributed by atoms with E-state index in [1.807, 2.05) is 43.9 Å². The van der Waals surface area contributed by atoms with Crippen molar-refractivity contribution in [3.05, 3.63) is 42.2 Å². The Morgan fingerprint density at radius 3 is 2.68 bits per heavy atom. The molecule has 0 fully saturated rings. The Hall–Kier alpha value is -1.88. The van der Waals surface area contributed by atoms with E-state index in [-0.39, 0.29) is 0 Å². The highest BCUT2D eigenvalue weighted by molar-refractivity contribution is 5.43. The number of hydrogen-bond acceptors (Lipinski definition) is 4. The molecule has 0 aliphatic carbocycles. The van der Waals surface area contributed by atoms with Crippen LogP contribution >= 0.6 is 0 Å². The lowest BCUT2D eigenvalue weighted by atomic mass is 10.2. The van der Waals surface area contributed by atoms with E-state index >= 15 is 0 Å². The van der Waals surface area contributed by atoms with Crippen LogP contribution in [0.15, 0.2) is 30.7 Å². The molecule has 0 aliphatic heterocycles. The van der Waals surface area contributed by atoms with Crippen LogP contribution in [-0.2, 0) is 13.6 Å². The van der Waals surface area contributed by atoms with Gasteiger partial charge in [-0.05, 0) is 18.6 Å². The quantitative estimate of drug-likeness (QED) is 0.892. The third-order valence-electron chi connectivity index (χ3n) is 3.24. The number of aromatic nitrogens is 3. The van der Waals surface area contributed by atoms with Gasteiger partial charge in [0, 0.05) is 26.5 Å². The second-order valence-electron chi connectivity index (χ2n) is 4.68. The fourth-order valence-electron chi connectivity index (χ4n) is 1.88. The molecule has 0 bridgehead atoms. The zero-order valence-electron chi connectivity index (χ0n) is 11.6. The summed E-state index contributed by atoms with van der Waals surface area (Å²) in [5.74, 6) is 1.00. The predicted octanol–water partition coefficient (Wildman–Crippen LogP) is 1.89. The molecule has 5 heteroatoms. The van der Waals surface area contributed by atoms with Crippen LogP contribution < -0.4 is 4.90 Å². The summed E-state index contributed by atoms with van der Waals surface area (Å²) in [7, 11) is 3.98.